The molecule has 0 saturated carbocycles. The number of carboxylic acid groups (broad SMARTS) is 1. The number of hydrogen-bond acceptors (Lipinski definition) is 2. The molecule has 26 heavy (non-hydrogen) atoms. The quantitative estimate of drug-likeness (QED) is 0.730. The van der Waals surface area contributed by atoms with Gasteiger partial charge in [-0.3, -0.25) is 4.79 Å². The summed E-state index contributed by atoms with van der Waals surface area (Å²) in [5.74, 6) is -0.658. The van der Waals surface area contributed by atoms with E-state index < -0.39 is 11.4 Å². The molecule has 3 nitrogen and oxygen atoms in total. The smallest absolute Gasteiger partial charge is 0.314 e. The molecule has 0 spiro atoms. The van der Waals surface area contributed by atoms with Crippen LogP contribution in [-0.2, 0) is 10.2 Å². The molecule has 2 aromatic rings. The highest BCUT2D eigenvalue weighted by molar-refractivity contribution is 5.93. The molecule has 1 heterocycles. The number of halogens is 1. The Kier molecular flexibility index (Phi) is 7.08. The van der Waals surface area contributed by atoms with Crippen molar-refractivity contribution in [1.82, 2.24) is 4.90 Å². The molecule has 2 aromatic carbocycles. The molecule has 142 valence electrons. The Balaban J connectivity index is 0.00000243. The third kappa shape index (κ3) is 3.89. The van der Waals surface area contributed by atoms with Crippen LogP contribution in [0.4, 0.5) is 0 Å². The number of benzene rings is 2. The number of carboxylic acids is 1. The van der Waals surface area contributed by atoms with Gasteiger partial charge in [-0.05, 0) is 67.6 Å². The van der Waals surface area contributed by atoms with Gasteiger partial charge in [-0.2, -0.15) is 0 Å². The van der Waals surface area contributed by atoms with Crippen LogP contribution >= 0.6 is 12.4 Å². The van der Waals surface area contributed by atoms with Gasteiger partial charge in [0.15, 0.2) is 0 Å². The topological polar surface area (TPSA) is 40.5 Å². The van der Waals surface area contributed by atoms with E-state index in [0.717, 1.165) is 42.4 Å². The molecule has 1 atom stereocenters. The van der Waals surface area contributed by atoms with Gasteiger partial charge in [0.2, 0.25) is 0 Å². The predicted molar refractivity (Wildman–Crippen MR) is 110 cm³/mol. The second-order valence-electron chi connectivity index (χ2n) is 7.61. The minimum absolute atomic E-state index is 0. The molecule has 1 fully saturated rings. The molecular formula is C22H30ClNO2. The van der Waals surface area contributed by atoms with Crippen molar-refractivity contribution in [2.24, 2.45) is 5.92 Å². The average Bonchev–Trinajstić information content (AvgIpc) is 3.11. The van der Waals surface area contributed by atoms with Gasteiger partial charge in [0.25, 0.3) is 0 Å². The lowest BCUT2D eigenvalue weighted by Gasteiger charge is -2.35. The SMILES string of the molecule is CC(C)C(CCCN1CCCC1)(C(=O)O)c1cccc2ccccc12.Cl. The second kappa shape index (κ2) is 8.88. The van der Waals surface area contributed by atoms with Crippen molar-refractivity contribution >= 4 is 29.1 Å². The van der Waals surface area contributed by atoms with Crippen molar-refractivity contribution in [3.05, 3.63) is 48.0 Å². The number of hydrogen-bond donors (Lipinski definition) is 1. The molecule has 0 amide bonds. The maximum absolute atomic E-state index is 12.5. The lowest BCUT2D eigenvalue weighted by molar-refractivity contribution is -0.146. The summed E-state index contributed by atoms with van der Waals surface area (Å²) < 4.78 is 0. The molecule has 0 bridgehead atoms. The first-order valence-corrected chi connectivity index (χ1v) is 9.49. The van der Waals surface area contributed by atoms with Gasteiger partial charge in [0.1, 0.15) is 0 Å². The van der Waals surface area contributed by atoms with Crippen LogP contribution in [0.2, 0.25) is 0 Å². The van der Waals surface area contributed by atoms with Crippen LogP contribution in [0, 0.1) is 5.92 Å². The molecule has 3 rings (SSSR count). The first kappa shape index (κ1) is 20.7. The summed E-state index contributed by atoms with van der Waals surface area (Å²) in [6, 6.07) is 14.2. The average molecular weight is 376 g/mol. The molecule has 0 aromatic heterocycles. The van der Waals surface area contributed by atoms with Crippen molar-refractivity contribution in [1.29, 1.82) is 0 Å². The normalized spacial score (nSPS) is 17.2. The third-order valence-electron chi connectivity index (χ3n) is 5.88. The minimum Gasteiger partial charge on any atom is -0.481 e. The van der Waals surface area contributed by atoms with E-state index in [1.165, 1.54) is 12.8 Å². The fourth-order valence-electron chi connectivity index (χ4n) is 4.41. The fraction of sp³-hybridized carbons (Fsp3) is 0.500. The Labute approximate surface area is 162 Å². The van der Waals surface area contributed by atoms with Crippen molar-refractivity contribution < 1.29 is 9.90 Å². The number of nitrogens with zero attached hydrogens (tertiary/aromatic N) is 1. The summed E-state index contributed by atoms with van der Waals surface area (Å²) in [5, 5.41) is 12.5. The number of likely N-dealkylation sites (tertiary alicyclic amines) is 1. The maximum atomic E-state index is 12.5. The molecule has 1 N–H and O–H groups in total. The zero-order valence-corrected chi connectivity index (χ0v) is 16.6. The molecule has 1 aliphatic heterocycles. The number of aliphatic carboxylic acids is 1. The number of rotatable bonds is 7. The Morgan fingerprint density at radius 3 is 2.42 bits per heavy atom. The maximum Gasteiger partial charge on any atom is 0.314 e. The zero-order valence-electron chi connectivity index (χ0n) is 15.8. The summed E-state index contributed by atoms with van der Waals surface area (Å²) in [6.07, 6.45) is 4.16. The van der Waals surface area contributed by atoms with E-state index in [2.05, 4.69) is 23.1 Å². The van der Waals surface area contributed by atoms with E-state index in [-0.39, 0.29) is 18.3 Å². The molecule has 0 radical (unpaired) electrons. The van der Waals surface area contributed by atoms with Crippen LogP contribution in [0.1, 0.15) is 45.1 Å². The summed E-state index contributed by atoms with van der Waals surface area (Å²) >= 11 is 0. The highest BCUT2D eigenvalue weighted by Gasteiger charge is 2.43. The highest BCUT2D eigenvalue weighted by Crippen LogP contribution is 2.41. The monoisotopic (exact) mass is 375 g/mol. The first-order chi connectivity index (χ1) is 12.1. The lowest BCUT2D eigenvalue weighted by Crippen LogP contribution is -2.42. The van der Waals surface area contributed by atoms with E-state index in [4.69, 9.17) is 0 Å². The molecule has 0 aliphatic carbocycles. The zero-order chi connectivity index (χ0) is 17.9. The van der Waals surface area contributed by atoms with Crippen LogP contribution in [0.25, 0.3) is 10.8 Å². The van der Waals surface area contributed by atoms with E-state index in [1.807, 2.05) is 38.1 Å². The molecule has 4 heteroatoms. The Morgan fingerprint density at radius 2 is 1.77 bits per heavy atom. The fourth-order valence-corrected chi connectivity index (χ4v) is 4.41. The molecule has 1 saturated heterocycles. The summed E-state index contributed by atoms with van der Waals surface area (Å²) in [4.78, 5) is 15.0. The van der Waals surface area contributed by atoms with E-state index in [0.29, 0.717) is 6.42 Å². The Hall–Kier alpha value is -1.58. The van der Waals surface area contributed by atoms with Gasteiger partial charge in [-0.25, -0.2) is 0 Å². The van der Waals surface area contributed by atoms with Crippen LogP contribution < -0.4 is 0 Å². The van der Waals surface area contributed by atoms with Crippen LogP contribution in [0.3, 0.4) is 0 Å². The minimum atomic E-state index is -0.833. The van der Waals surface area contributed by atoms with Crippen molar-refractivity contribution in [3.8, 4) is 0 Å². The standard InChI is InChI=1S/C22H29NO2.ClH/c1-17(2)22(21(24)25,13-8-16-23-14-5-6-15-23)20-12-7-10-18-9-3-4-11-19(18)20;/h3-4,7,9-12,17H,5-6,8,13-16H2,1-2H3,(H,24,25);1H. The highest BCUT2D eigenvalue weighted by atomic mass is 35.5. The summed E-state index contributed by atoms with van der Waals surface area (Å²) in [7, 11) is 0. The lowest BCUT2D eigenvalue weighted by atomic mass is 9.67. The van der Waals surface area contributed by atoms with Gasteiger partial charge in [-0.15, -0.1) is 12.4 Å². The summed E-state index contributed by atoms with van der Waals surface area (Å²) in [5.41, 5.74) is 0.134. The van der Waals surface area contributed by atoms with Crippen LogP contribution in [0.15, 0.2) is 42.5 Å². The van der Waals surface area contributed by atoms with Gasteiger partial charge in [0, 0.05) is 0 Å². The molecule has 1 unspecified atom stereocenters. The Bertz CT molecular complexity index is 735. The second-order valence-corrected chi connectivity index (χ2v) is 7.61. The van der Waals surface area contributed by atoms with Crippen molar-refractivity contribution in [2.75, 3.05) is 19.6 Å². The van der Waals surface area contributed by atoms with Crippen molar-refractivity contribution in [2.45, 2.75) is 44.9 Å². The van der Waals surface area contributed by atoms with Gasteiger partial charge >= 0.3 is 5.97 Å². The summed E-state index contributed by atoms with van der Waals surface area (Å²) in [6.45, 7) is 7.43. The van der Waals surface area contributed by atoms with E-state index in [1.54, 1.807) is 0 Å². The van der Waals surface area contributed by atoms with Gasteiger partial charge in [0.05, 0.1) is 5.41 Å². The molecule has 1 aliphatic rings. The van der Waals surface area contributed by atoms with Gasteiger partial charge < -0.3 is 10.0 Å². The van der Waals surface area contributed by atoms with E-state index in [9.17, 15) is 9.90 Å². The predicted octanol–water partition coefficient (Wildman–Crippen LogP) is 5.12. The number of fused-ring (bicyclic) bond motifs is 1. The third-order valence-corrected chi connectivity index (χ3v) is 5.88. The van der Waals surface area contributed by atoms with E-state index >= 15 is 0 Å². The van der Waals surface area contributed by atoms with Crippen molar-refractivity contribution in [3.63, 3.8) is 0 Å². The van der Waals surface area contributed by atoms with Crippen LogP contribution in [-0.4, -0.2) is 35.6 Å². The number of carbonyl (C=O) groups is 1. The molecular weight excluding hydrogens is 346 g/mol. The van der Waals surface area contributed by atoms with Crippen LogP contribution in [0.5, 0.6) is 0 Å². The van der Waals surface area contributed by atoms with Gasteiger partial charge in [-0.1, -0.05) is 56.3 Å². The Morgan fingerprint density at radius 1 is 1.12 bits per heavy atom. The first-order valence-electron chi connectivity index (χ1n) is 9.49. The largest absolute Gasteiger partial charge is 0.481 e.